The van der Waals surface area contributed by atoms with Crippen LogP contribution in [0.15, 0.2) is 70.7 Å². The number of rotatable bonds is 6. The molecule has 0 atom stereocenters. The van der Waals surface area contributed by atoms with Crippen LogP contribution >= 0.6 is 23.4 Å². The summed E-state index contributed by atoms with van der Waals surface area (Å²) in [6.45, 7) is 0. The number of carbonyl (C=O) groups is 2. The molecule has 30 heavy (non-hydrogen) atoms. The quantitative estimate of drug-likeness (QED) is 0.329. The fourth-order valence-electron chi connectivity index (χ4n) is 2.44. The van der Waals surface area contributed by atoms with Gasteiger partial charge in [-0.05, 0) is 36.4 Å². The summed E-state index contributed by atoms with van der Waals surface area (Å²) in [5.74, 6) is -1.08. The Morgan fingerprint density at radius 1 is 1.13 bits per heavy atom. The Bertz CT molecular complexity index is 1120. The number of pyridine rings is 1. The third-order valence-electron chi connectivity index (χ3n) is 3.90. The molecule has 0 aliphatic rings. The van der Waals surface area contributed by atoms with Crippen molar-refractivity contribution in [1.82, 2.24) is 4.98 Å². The van der Waals surface area contributed by atoms with Crippen molar-refractivity contribution in [3.05, 3.63) is 87.1 Å². The van der Waals surface area contributed by atoms with E-state index in [0.29, 0.717) is 21.2 Å². The van der Waals surface area contributed by atoms with Crippen LogP contribution < -0.4 is 5.32 Å². The van der Waals surface area contributed by atoms with Crippen LogP contribution in [0.1, 0.15) is 20.7 Å². The summed E-state index contributed by atoms with van der Waals surface area (Å²) in [4.78, 5) is 39.6. The molecule has 0 unspecified atom stereocenters. The summed E-state index contributed by atoms with van der Waals surface area (Å²) in [7, 11) is 1.18. The molecule has 2 aromatic carbocycles. The average Bonchev–Trinajstić information content (AvgIpc) is 2.75. The number of halogens is 1. The number of esters is 1. The van der Waals surface area contributed by atoms with Crippen LogP contribution in [0.4, 0.5) is 11.4 Å². The maximum absolute atomic E-state index is 12.5. The first-order valence-electron chi connectivity index (χ1n) is 8.45. The second kappa shape index (κ2) is 9.38. The van der Waals surface area contributed by atoms with Gasteiger partial charge in [0, 0.05) is 27.7 Å². The average molecular weight is 444 g/mol. The molecule has 3 aromatic rings. The van der Waals surface area contributed by atoms with Crippen molar-refractivity contribution >= 4 is 46.6 Å². The number of methoxy groups -OCH3 is 1. The number of hydrogen-bond acceptors (Lipinski definition) is 7. The molecule has 1 heterocycles. The first-order valence-corrected chi connectivity index (χ1v) is 9.65. The zero-order chi connectivity index (χ0) is 21.7. The molecule has 10 heteroatoms. The molecule has 0 saturated heterocycles. The second-order valence-electron chi connectivity index (χ2n) is 5.86. The number of amides is 1. The Labute approximate surface area is 180 Å². The van der Waals surface area contributed by atoms with Crippen molar-refractivity contribution < 1.29 is 19.2 Å². The van der Waals surface area contributed by atoms with Crippen molar-refractivity contribution in [3.63, 3.8) is 0 Å². The maximum atomic E-state index is 12.5. The minimum absolute atomic E-state index is 0.0297. The molecule has 0 saturated carbocycles. The van der Waals surface area contributed by atoms with Gasteiger partial charge in [-0.15, -0.1) is 0 Å². The van der Waals surface area contributed by atoms with Gasteiger partial charge in [-0.3, -0.25) is 14.9 Å². The van der Waals surface area contributed by atoms with Crippen LogP contribution in [0.5, 0.6) is 0 Å². The lowest BCUT2D eigenvalue weighted by Crippen LogP contribution is -2.12. The van der Waals surface area contributed by atoms with Gasteiger partial charge in [-0.25, -0.2) is 9.78 Å². The number of benzene rings is 2. The van der Waals surface area contributed by atoms with Gasteiger partial charge in [0.2, 0.25) is 0 Å². The number of aromatic nitrogens is 1. The van der Waals surface area contributed by atoms with Crippen LogP contribution in [0, 0.1) is 10.1 Å². The summed E-state index contributed by atoms with van der Waals surface area (Å²) < 4.78 is 4.58. The lowest BCUT2D eigenvalue weighted by Gasteiger charge is -2.11. The van der Waals surface area contributed by atoms with Crippen LogP contribution in [0.25, 0.3) is 0 Å². The molecule has 0 radical (unpaired) electrons. The third-order valence-corrected chi connectivity index (χ3v) is 5.23. The van der Waals surface area contributed by atoms with E-state index in [1.54, 1.807) is 48.5 Å². The predicted molar refractivity (Wildman–Crippen MR) is 112 cm³/mol. The van der Waals surface area contributed by atoms with Crippen LogP contribution in [-0.2, 0) is 4.74 Å². The van der Waals surface area contributed by atoms with Gasteiger partial charge in [0.1, 0.15) is 0 Å². The van der Waals surface area contributed by atoms with E-state index in [2.05, 4.69) is 15.0 Å². The van der Waals surface area contributed by atoms with Crippen LogP contribution in [-0.4, -0.2) is 28.9 Å². The van der Waals surface area contributed by atoms with Crippen molar-refractivity contribution in [1.29, 1.82) is 0 Å². The van der Waals surface area contributed by atoms with Gasteiger partial charge in [-0.1, -0.05) is 35.5 Å². The summed E-state index contributed by atoms with van der Waals surface area (Å²) in [6.07, 6.45) is 1.20. The fourth-order valence-corrected chi connectivity index (χ4v) is 3.49. The molecule has 0 aliphatic carbocycles. The minimum Gasteiger partial charge on any atom is -0.465 e. The van der Waals surface area contributed by atoms with Gasteiger partial charge >= 0.3 is 11.7 Å². The van der Waals surface area contributed by atoms with Gasteiger partial charge < -0.3 is 10.1 Å². The van der Waals surface area contributed by atoms with Gasteiger partial charge in [0.05, 0.1) is 23.3 Å². The van der Waals surface area contributed by atoms with Crippen molar-refractivity contribution in [3.8, 4) is 0 Å². The standard InChI is InChI=1S/C20H14ClN3O5S/c1-29-20(26)13-10-16(24(27)28)19(22-11-13)30-17-5-3-2-4-15(17)23-18(25)12-6-8-14(21)9-7-12/h2-11H,1H3,(H,23,25). The topological polar surface area (TPSA) is 111 Å². The predicted octanol–water partition coefficient (Wildman–Crippen LogP) is 4.83. The molecule has 8 nitrogen and oxygen atoms in total. The van der Waals surface area contributed by atoms with E-state index in [-0.39, 0.29) is 22.2 Å². The number of nitrogens with one attached hydrogen (secondary N) is 1. The Morgan fingerprint density at radius 2 is 1.83 bits per heavy atom. The second-order valence-corrected chi connectivity index (χ2v) is 7.32. The zero-order valence-electron chi connectivity index (χ0n) is 15.5. The van der Waals surface area contributed by atoms with Gasteiger partial charge in [-0.2, -0.15) is 0 Å². The highest BCUT2D eigenvalue weighted by atomic mass is 35.5. The van der Waals surface area contributed by atoms with Gasteiger partial charge in [0.25, 0.3) is 5.91 Å². The smallest absolute Gasteiger partial charge is 0.339 e. The minimum atomic E-state index is -0.724. The normalized spacial score (nSPS) is 10.3. The van der Waals surface area contributed by atoms with Gasteiger partial charge in [0.15, 0.2) is 5.03 Å². The zero-order valence-corrected chi connectivity index (χ0v) is 17.1. The Balaban J connectivity index is 1.89. The molecule has 0 bridgehead atoms. The first kappa shape index (κ1) is 21.3. The Kier molecular flexibility index (Phi) is 6.65. The molecule has 3 rings (SSSR count). The van der Waals surface area contributed by atoms with E-state index in [1.165, 1.54) is 13.3 Å². The van der Waals surface area contributed by atoms with E-state index in [0.717, 1.165) is 17.8 Å². The summed E-state index contributed by atoms with van der Waals surface area (Å²) in [5.41, 5.74) is 0.487. The number of hydrogen-bond donors (Lipinski definition) is 1. The molecule has 0 fully saturated rings. The molecular weight excluding hydrogens is 430 g/mol. The van der Waals surface area contributed by atoms with Crippen LogP contribution in [0.2, 0.25) is 5.02 Å². The van der Waals surface area contributed by atoms with Crippen LogP contribution in [0.3, 0.4) is 0 Å². The van der Waals surface area contributed by atoms with Crippen molar-refractivity contribution in [2.45, 2.75) is 9.92 Å². The third kappa shape index (κ3) is 4.94. The van der Waals surface area contributed by atoms with E-state index < -0.39 is 10.9 Å². The lowest BCUT2D eigenvalue weighted by molar-refractivity contribution is -0.388. The monoisotopic (exact) mass is 443 g/mol. The summed E-state index contributed by atoms with van der Waals surface area (Å²) in [6, 6.07) is 14.3. The largest absolute Gasteiger partial charge is 0.465 e. The highest BCUT2D eigenvalue weighted by Crippen LogP contribution is 2.37. The number of ether oxygens (including phenoxy) is 1. The Hall–Kier alpha value is -3.43. The number of anilines is 1. The highest BCUT2D eigenvalue weighted by Gasteiger charge is 2.21. The number of carbonyl (C=O) groups excluding carboxylic acids is 2. The molecule has 1 aromatic heterocycles. The van der Waals surface area contributed by atoms with Crippen molar-refractivity contribution in [2.75, 3.05) is 12.4 Å². The summed E-state index contributed by atoms with van der Waals surface area (Å²) in [5, 5.41) is 14.8. The van der Waals surface area contributed by atoms with E-state index in [1.807, 2.05) is 0 Å². The van der Waals surface area contributed by atoms with E-state index >= 15 is 0 Å². The van der Waals surface area contributed by atoms with E-state index in [9.17, 15) is 19.7 Å². The molecule has 152 valence electrons. The molecular formula is C20H14ClN3O5S. The molecule has 0 aliphatic heterocycles. The molecule has 1 N–H and O–H groups in total. The molecule has 0 spiro atoms. The highest BCUT2D eigenvalue weighted by molar-refractivity contribution is 7.99. The number of nitro groups is 1. The lowest BCUT2D eigenvalue weighted by atomic mass is 10.2. The maximum Gasteiger partial charge on any atom is 0.339 e. The van der Waals surface area contributed by atoms with Crippen molar-refractivity contribution in [2.24, 2.45) is 0 Å². The number of para-hydroxylation sites is 1. The first-order chi connectivity index (χ1) is 14.4. The number of nitrogens with zero attached hydrogens (tertiary/aromatic N) is 2. The van der Waals surface area contributed by atoms with E-state index in [4.69, 9.17) is 11.6 Å². The molecule has 1 amide bonds. The fraction of sp³-hybridized carbons (Fsp3) is 0.0500. The summed E-state index contributed by atoms with van der Waals surface area (Å²) >= 11 is 6.84. The SMILES string of the molecule is COC(=O)c1cnc(Sc2ccccc2NC(=O)c2ccc(Cl)cc2)c([N+](=O)[O-])c1. The Morgan fingerprint density at radius 3 is 2.50 bits per heavy atom.